The predicted molar refractivity (Wildman–Crippen MR) is 89.9 cm³/mol. The first-order valence-electron chi connectivity index (χ1n) is 7.51. The molecule has 0 atom stereocenters. The minimum absolute atomic E-state index is 0.195. The van der Waals surface area contributed by atoms with Crippen LogP contribution in [0.5, 0.6) is 0 Å². The molecule has 3 rings (SSSR count). The minimum Gasteiger partial charge on any atom is -0.268 e. The van der Waals surface area contributed by atoms with Crippen molar-refractivity contribution < 1.29 is 8.42 Å². The summed E-state index contributed by atoms with van der Waals surface area (Å²) in [5.41, 5.74) is 1.12. The van der Waals surface area contributed by atoms with E-state index in [0.717, 1.165) is 18.4 Å². The van der Waals surface area contributed by atoms with Crippen LogP contribution in [0.15, 0.2) is 32.6 Å². The molecule has 1 aliphatic heterocycles. The third kappa shape index (κ3) is 3.24. The van der Waals surface area contributed by atoms with Crippen LogP contribution in [-0.4, -0.2) is 35.6 Å². The Bertz CT molecular complexity index is 862. The largest absolute Gasteiger partial charge is 0.268 e. The summed E-state index contributed by atoms with van der Waals surface area (Å²) in [5.74, 6) is 0.579. The van der Waals surface area contributed by atoms with Crippen LogP contribution in [0.25, 0.3) is 11.3 Å². The highest BCUT2D eigenvalue weighted by molar-refractivity contribution is 7.91. The first kappa shape index (κ1) is 16.4. The Morgan fingerprint density at radius 3 is 2.61 bits per heavy atom. The van der Waals surface area contributed by atoms with Gasteiger partial charge in [0.15, 0.2) is 0 Å². The summed E-state index contributed by atoms with van der Waals surface area (Å²) in [4.78, 5) is 11.4. The maximum absolute atomic E-state index is 12.7. The van der Waals surface area contributed by atoms with E-state index in [1.54, 1.807) is 28.9 Å². The molecular weight excluding hydrogens is 334 g/mol. The van der Waals surface area contributed by atoms with E-state index in [-0.39, 0.29) is 5.56 Å². The van der Waals surface area contributed by atoms with Crippen molar-refractivity contribution in [3.05, 3.63) is 33.9 Å². The first-order valence-corrected chi connectivity index (χ1v) is 9.83. The van der Waals surface area contributed by atoms with E-state index in [1.165, 1.54) is 22.1 Å². The zero-order chi connectivity index (χ0) is 16.6. The van der Waals surface area contributed by atoms with Crippen molar-refractivity contribution in [3.8, 4) is 11.3 Å². The number of sulfonamides is 1. The summed E-state index contributed by atoms with van der Waals surface area (Å²) >= 11 is 1.20. The summed E-state index contributed by atoms with van der Waals surface area (Å²) in [6.45, 7) is 3.31. The fourth-order valence-corrected chi connectivity index (χ4v) is 5.39. The van der Waals surface area contributed by atoms with Crippen molar-refractivity contribution in [1.82, 2.24) is 14.1 Å². The highest BCUT2D eigenvalue weighted by atomic mass is 32.2. The van der Waals surface area contributed by atoms with Crippen LogP contribution in [0.3, 0.4) is 0 Å². The van der Waals surface area contributed by atoms with Gasteiger partial charge in [0, 0.05) is 37.1 Å². The molecule has 1 fully saturated rings. The van der Waals surface area contributed by atoms with Crippen molar-refractivity contribution in [2.24, 2.45) is 13.0 Å². The fraction of sp³-hybridized carbons (Fsp3) is 0.467. The van der Waals surface area contributed by atoms with Gasteiger partial charge < -0.3 is 0 Å². The second-order valence-electron chi connectivity index (χ2n) is 5.92. The Kier molecular flexibility index (Phi) is 4.39. The Labute approximate surface area is 139 Å². The lowest BCUT2D eigenvalue weighted by molar-refractivity contribution is 0.288. The van der Waals surface area contributed by atoms with Crippen molar-refractivity contribution >= 4 is 21.4 Å². The number of hydrogen-bond acceptors (Lipinski definition) is 5. The van der Waals surface area contributed by atoms with Gasteiger partial charge in [-0.15, -0.1) is 11.3 Å². The molecule has 0 N–H and O–H groups in total. The zero-order valence-corrected chi connectivity index (χ0v) is 14.7. The molecule has 2 aromatic heterocycles. The van der Waals surface area contributed by atoms with Crippen molar-refractivity contribution in [2.45, 2.75) is 24.0 Å². The van der Waals surface area contributed by atoms with Crippen LogP contribution in [0, 0.1) is 5.92 Å². The van der Waals surface area contributed by atoms with Gasteiger partial charge in [-0.05, 0) is 30.9 Å². The molecule has 2 aromatic rings. The summed E-state index contributed by atoms with van der Waals surface area (Å²) in [5, 5.41) is 5.93. The predicted octanol–water partition coefficient (Wildman–Crippen LogP) is 1.93. The van der Waals surface area contributed by atoms with E-state index in [2.05, 4.69) is 12.0 Å². The topological polar surface area (TPSA) is 72.3 Å². The number of aryl methyl sites for hydroxylation is 1. The normalized spacial score (nSPS) is 17.5. The van der Waals surface area contributed by atoms with Gasteiger partial charge in [0.1, 0.15) is 4.21 Å². The van der Waals surface area contributed by atoms with Crippen LogP contribution in [0.4, 0.5) is 0 Å². The van der Waals surface area contributed by atoms with Crippen molar-refractivity contribution in [2.75, 3.05) is 13.1 Å². The monoisotopic (exact) mass is 353 g/mol. The first-order chi connectivity index (χ1) is 10.9. The molecule has 0 bridgehead atoms. The summed E-state index contributed by atoms with van der Waals surface area (Å²) in [6.07, 6.45) is 1.81. The van der Waals surface area contributed by atoms with Gasteiger partial charge in [-0.2, -0.15) is 9.40 Å². The summed E-state index contributed by atoms with van der Waals surface area (Å²) < 4.78 is 28.6. The Hall–Kier alpha value is -1.51. The van der Waals surface area contributed by atoms with Gasteiger partial charge in [0.2, 0.25) is 0 Å². The molecule has 0 aliphatic carbocycles. The maximum Gasteiger partial charge on any atom is 0.266 e. The molecule has 1 aliphatic rings. The molecule has 0 radical (unpaired) electrons. The average molecular weight is 353 g/mol. The number of piperidine rings is 1. The summed E-state index contributed by atoms with van der Waals surface area (Å²) in [6, 6.07) is 4.69. The van der Waals surface area contributed by atoms with Gasteiger partial charge in [0.05, 0.1) is 5.69 Å². The van der Waals surface area contributed by atoms with Gasteiger partial charge >= 0.3 is 0 Å². The smallest absolute Gasteiger partial charge is 0.266 e. The highest BCUT2D eigenvalue weighted by Crippen LogP contribution is 2.31. The number of nitrogens with zero attached hydrogens (tertiary/aromatic N) is 3. The third-order valence-electron chi connectivity index (χ3n) is 4.17. The Morgan fingerprint density at radius 1 is 1.26 bits per heavy atom. The van der Waals surface area contributed by atoms with Crippen LogP contribution < -0.4 is 5.56 Å². The molecule has 0 unspecified atom stereocenters. The number of hydrogen-bond donors (Lipinski definition) is 0. The quantitative estimate of drug-likeness (QED) is 0.845. The maximum atomic E-state index is 12.7. The fourth-order valence-electron chi connectivity index (χ4n) is 2.59. The molecule has 6 nitrogen and oxygen atoms in total. The molecule has 0 amide bonds. The number of aromatic nitrogens is 2. The van der Waals surface area contributed by atoms with Gasteiger partial charge in [-0.3, -0.25) is 4.79 Å². The Balaban J connectivity index is 1.89. The van der Waals surface area contributed by atoms with E-state index in [1.807, 2.05) is 0 Å². The SMILES string of the molecule is CC1CCN(S(=O)(=O)c2cc(-c3ccc(=O)n(C)n3)cs2)CC1. The molecule has 1 saturated heterocycles. The molecule has 124 valence electrons. The second kappa shape index (κ2) is 6.18. The number of thiophene rings is 1. The highest BCUT2D eigenvalue weighted by Gasteiger charge is 2.29. The van der Waals surface area contributed by atoms with E-state index in [0.29, 0.717) is 28.9 Å². The zero-order valence-electron chi connectivity index (χ0n) is 13.1. The average Bonchev–Trinajstić information content (AvgIpc) is 3.01. The van der Waals surface area contributed by atoms with Crippen molar-refractivity contribution in [3.63, 3.8) is 0 Å². The molecule has 8 heteroatoms. The van der Waals surface area contributed by atoms with E-state index >= 15 is 0 Å². The molecule has 0 spiro atoms. The molecule has 0 saturated carbocycles. The van der Waals surface area contributed by atoms with Crippen LogP contribution in [-0.2, 0) is 17.1 Å². The minimum atomic E-state index is -3.44. The van der Waals surface area contributed by atoms with Gasteiger partial charge in [-0.25, -0.2) is 13.1 Å². The standard InChI is InChI=1S/C15H19N3O3S2/c1-11-5-7-18(8-6-11)23(20,21)15-9-12(10-22-15)13-3-4-14(19)17(2)16-13/h3-4,9-11H,5-8H2,1-2H3. The van der Waals surface area contributed by atoms with Crippen LogP contribution in [0.2, 0.25) is 0 Å². The molecule has 23 heavy (non-hydrogen) atoms. The lowest BCUT2D eigenvalue weighted by atomic mass is 10.0. The Morgan fingerprint density at radius 2 is 1.96 bits per heavy atom. The summed E-state index contributed by atoms with van der Waals surface area (Å²) in [7, 11) is -1.86. The van der Waals surface area contributed by atoms with Crippen LogP contribution in [0.1, 0.15) is 19.8 Å². The molecule has 0 aromatic carbocycles. The van der Waals surface area contributed by atoms with E-state index in [4.69, 9.17) is 0 Å². The van der Waals surface area contributed by atoms with Gasteiger partial charge in [-0.1, -0.05) is 6.92 Å². The van der Waals surface area contributed by atoms with E-state index in [9.17, 15) is 13.2 Å². The second-order valence-corrected chi connectivity index (χ2v) is 9.00. The third-order valence-corrected chi connectivity index (χ3v) is 7.48. The lowest BCUT2D eigenvalue weighted by Gasteiger charge is -2.28. The number of rotatable bonds is 3. The van der Waals surface area contributed by atoms with Crippen LogP contribution >= 0.6 is 11.3 Å². The lowest BCUT2D eigenvalue weighted by Crippen LogP contribution is -2.37. The van der Waals surface area contributed by atoms with Gasteiger partial charge in [0.25, 0.3) is 15.6 Å². The molecular formula is C15H19N3O3S2. The van der Waals surface area contributed by atoms with Crippen molar-refractivity contribution in [1.29, 1.82) is 0 Å². The molecule has 3 heterocycles. The van der Waals surface area contributed by atoms with E-state index < -0.39 is 10.0 Å².